The molecule has 0 amide bonds. The van der Waals surface area contributed by atoms with E-state index in [1.165, 1.54) is 6.20 Å². The van der Waals surface area contributed by atoms with Gasteiger partial charge in [0.2, 0.25) is 5.95 Å². The molecular formula is C25H28F3N6OP. The molecule has 1 saturated heterocycles. The Morgan fingerprint density at radius 3 is 2.67 bits per heavy atom. The fraction of sp³-hybridized carbons (Fsp3) is 0.400. The molecular weight excluding hydrogens is 488 g/mol. The summed E-state index contributed by atoms with van der Waals surface area (Å²) < 4.78 is 55.4. The minimum atomic E-state index is -4.65. The van der Waals surface area contributed by atoms with E-state index in [0.717, 1.165) is 19.0 Å². The third-order valence-corrected chi connectivity index (χ3v) is 8.20. The highest BCUT2D eigenvalue weighted by Gasteiger charge is 2.37. The van der Waals surface area contributed by atoms with Crippen LogP contribution in [0.5, 0.6) is 0 Å². The Hall–Kier alpha value is -2.97. The molecule has 0 spiro atoms. The first kappa shape index (κ1) is 24.7. The summed E-state index contributed by atoms with van der Waals surface area (Å²) >= 11 is 0. The summed E-state index contributed by atoms with van der Waals surface area (Å²) in [6.45, 7) is 8.15. The van der Waals surface area contributed by atoms with Crippen molar-refractivity contribution < 1.29 is 17.7 Å². The number of nitrogens with one attached hydrogen (secondary N) is 3. The maximum absolute atomic E-state index is 14.1. The van der Waals surface area contributed by atoms with Crippen molar-refractivity contribution in [3.05, 3.63) is 42.4 Å². The number of alkyl halides is 3. The van der Waals surface area contributed by atoms with Crippen molar-refractivity contribution in [3.8, 4) is 11.3 Å². The second-order valence-corrected chi connectivity index (χ2v) is 13.5. The van der Waals surface area contributed by atoms with E-state index in [-0.39, 0.29) is 28.8 Å². The topological polar surface area (TPSA) is 95.6 Å². The predicted molar refractivity (Wildman–Crippen MR) is 137 cm³/mol. The number of piperidine rings is 1. The van der Waals surface area contributed by atoms with Crippen molar-refractivity contribution in [1.82, 2.24) is 25.3 Å². The Morgan fingerprint density at radius 1 is 1.22 bits per heavy atom. The van der Waals surface area contributed by atoms with Crippen molar-refractivity contribution in [3.63, 3.8) is 0 Å². The molecule has 0 bridgehead atoms. The van der Waals surface area contributed by atoms with Crippen LogP contribution < -0.4 is 15.9 Å². The summed E-state index contributed by atoms with van der Waals surface area (Å²) in [5.74, 6) is 0.137. The third-order valence-electron chi connectivity index (χ3n) is 6.69. The van der Waals surface area contributed by atoms with E-state index in [9.17, 15) is 17.7 Å². The number of aromatic nitrogens is 4. The van der Waals surface area contributed by atoms with E-state index in [1.54, 1.807) is 31.7 Å². The molecule has 11 heteroatoms. The zero-order chi connectivity index (χ0) is 25.9. The lowest BCUT2D eigenvalue weighted by Crippen LogP contribution is -2.50. The van der Waals surface area contributed by atoms with Gasteiger partial charge in [-0.1, -0.05) is 6.07 Å². The number of aromatic amines is 1. The standard InChI is InChI=1S/C25H28F3N6OP/c1-24(2)8-7-15(11-32-24)33-23-31-13-18(25(26,27)28)20(34-23)17-12-30-21-16(17)10-14-6-5-9-29-19(14)22(21)36(3,4)35/h5-6,9-10,12-13,15,30,32H,7-8,11H2,1-4H3,(H,31,33,34)/t15-/m0/s1. The van der Waals surface area contributed by atoms with Crippen LogP contribution in [0.1, 0.15) is 32.3 Å². The van der Waals surface area contributed by atoms with Gasteiger partial charge in [0.25, 0.3) is 0 Å². The molecule has 36 heavy (non-hydrogen) atoms. The van der Waals surface area contributed by atoms with Crippen LogP contribution >= 0.6 is 7.14 Å². The highest BCUT2D eigenvalue weighted by atomic mass is 31.2. The molecule has 1 aromatic carbocycles. The highest BCUT2D eigenvalue weighted by molar-refractivity contribution is 7.71. The molecule has 1 aliphatic rings. The van der Waals surface area contributed by atoms with Gasteiger partial charge < -0.3 is 20.2 Å². The van der Waals surface area contributed by atoms with Gasteiger partial charge in [-0.25, -0.2) is 9.97 Å². The van der Waals surface area contributed by atoms with Crippen LogP contribution in [-0.4, -0.2) is 51.4 Å². The van der Waals surface area contributed by atoms with Crippen molar-refractivity contribution in [2.45, 2.75) is 44.4 Å². The normalized spacial score (nSPS) is 18.6. The number of H-pyrrole nitrogens is 1. The second-order valence-electron chi connectivity index (χ2n) is 10.4. The van der Waals surface area contributed by atoms with E-state index in [0.29, 0.717) is 33.7 Å². The van der Waals surface area contributed by atoms with Crippen molar-refractivity contribution in [2.24, 2.45) is 0 Å². The number of fused-ring (bicyclic) bond motifs is 2. The minimum Gasteiger partial charge on any atom is -0.360 e. The average molecular weight is 517 g/mol. The Balaban J connectivity index is 1.67. The molecule has 1 aliphatic heterocycles. The van der Waals surface area contributed by atoms with Gasteiger partial charge in [-0.05, 0) is 52.2 Å². The first-order valence-corrected chi connectivity index (χ1v) is 14.3. The van der Waals surface area contributed by atoms with Crippen LogP contribution in [0.3, 0.4) is 0 Å². The largest absolute Gasteiger partial charge is 0.419 e. The van der Waals surface area contributed by atoms with Gasteiger partial charge in [0.15, 0.2) is 0 Å². The van der Waals surface area contributed by atoms with E-state index >= 15 is 0 Å². The molecule has 4 aromatic rings. The van der Waals surface area contributed by atoms with E-state index in [2.05, 4.69) is 44.4 Å². The zero-order valence-electron chi connectivity index (χ0n) is 20.5. The maximum atomic E-state index is 14.1. The molecule has 0 aliphatic carbocycles. The first-order valence-electron chi connectivity index (χ1n) is 11.7. The smallest absolute Gasteiger partial charge is 0.360 e. The van der Waals surface area contributed by atoms with Crippen molar-refractivity contribution >= 4 is 40.2 Å². The van der Waals surface area contributed by atoms with Gasteiger partial charge in [0, 0.05) is 53.1 Å². The third kappa shape index (κ3) is 4.60. The number of rotatable bonds is 4. The van der Waals surface area contributed by atoms with Gasteiger partial charge in [0.05, 0.1) is 22.0 Å². The van der Waals surface area contributed by atoms with Gasteiger partial charge in [-0.2, -0.15) is 13.2 Å². The summed E-state index contributed by atoms with van der Waals surface area (Å²) in [6.07, 6.45) is 1.05. The summed E-state index contributed by atoms with van der Waals surface area (Å²) in [5.41, 5.74) is 0.199. The molecule has 190 valence electrons. The predicted octanol–water partition coefficient (Wildman–Crippen LogP) is 5.38. The minimum absolute atomic E-state index is 0.00161. The molecule has 0 radical (unpaired) electrons. The highest BCUT2D eigenvalue weighted by Crippen LogP contribution is 2.44. The number of nitrogens with zero attached hydrogens (tertiary/aromatic N) is 3. The number of hydrogen-bond donors (Lipinski definition) is 3. The maximum Gasteiger partial charge on any atom is 0.419 e. The average Bonchev–Trinajstić information content (AvgIpc) is 3.20. The van der Waals surface area contributed by atoms with Crippen LogP contribution in [0.15, 0.2) is 36.8 Å². The molecule has 3 aromatic heterocycles. The summed E-state index contributed by atoms with van der Waals surface area (Å²) in [7, 11) is -2.84. The molecule has 0 unspecified atom stereocenters. The van der Waals surface area contributed by atoms with Gasteiger partial charge in [0.1, 0.15) is 12.7 Å². The number of benzene rings is 1. The summed E-state index contributed by atoms with van der Waals surface area (Å²) in [4.78, 5) is 15.8. The Kier molecular flexibility index (Phi) is 5.87. The van der Waals surface area contributed by atoms with Crippen LogP contribution in [0.25, 0.3) is 33.1 Å². The first-order chi connectivity index (χ1) is 16.8. The van der Waals surface area contributed by atoms with E-state index in [4.69, 9.17) is 0 Å². The van der Waals surface area contributed by atoms with Crippen molar-refractivity contribution in [2.75, 3.05) is 25.2 Å². The zero-order valence-corrected chi connectivity index (χ0v) is 21.4. The Morgan fingerprint density at radius 2 is 2.00 bits per heavy atom. The summed E-state index contributed by atoms with van der Waals surface area (Å²) in [5, 5.41) is 8.34. The quantitative estimate of drug-likeness (QED) is 0.315. The lowest BCUT2D eigenvalue weighted by molar-refractivity contribution is -0.137. The molecule has 1 atom stereocenters. The molecule has 1 fully saturated rings. The molecule has 7 nitrogen and oxygen atoms in total. The number of halogens is 3. The van der Waals surface area contributed by atoms with Crippen LogP contribution in [0.4, 0.5) is 19.1 Å². The summed E-state index contributed by atoms with van der Waals surface area (Å²) in [6, 6.07) is 5.32. The van der Waals surface area contributed by atoms with Gasteiger partial charge >= 0.3 is 6.18 Å². The number of pyridine rings is 1. The molecule has 0 saturated carbocycles. The Labute approximate surface area is 206 Å². The monoisotopic (exact) mass is 516 g/mol. The molecule has 3 N–H and O–H groups in total. The van der Waals surface area contributed by atoms with E-state index < -0.39 is 18.9 Å². The van der Waals surface area contributed by atoms with Crippen LogP contribution in [0, 0.1) is 0 Å². The lowest BCUT2D eigenvalue weighted by atomic mass is 9.91. The van der Waals surface area contributed by atoms with Crippen molar-refractivity contribution in [1.29, 1.82) is 0 Å². The fourth-order valence-electron chi connectivity index (χ4n) is 4.80. The Bertz CT molecular complexity index is 1500. The SMILES string of the molecule is CC1(C)CC[C@H](Nc2ncc(C(F)(F)F)c(-c3c[nH]c4c(P(C)(C)=O)c5ncccc5cc34)n2)CN1. The fourth-order valence-corrected chi connectivity index (χ4v) is 6.22. The molecule has 5 rings (SSSR count). The molecule has 4 heterocycles. The lowest BCUT2D eigenvalue weighted by Gasteiger charge is -2.36. The number of hydrogen-bond acceptors (Lipinski definition) is 6. The number of anilines is 1. The van der Waals surface area contributed by atoms with Gasteiger partial charge in [-0.15, -0.1) is 0 Å². The van der Waals surface area contributed by atoms with Gasteiger partial charge in [-0.3, -0.25) is 4.98 Å². The van der Waals surface area contributed by atoms with E-state index in [1.807, 2.05) is 6.07 Å². The van der Waals surface area contributed by atoms with Crippen LogP contribution in [-0.2, 0) is 10.7 Å². The second kappa shape index (κ2) is 8.56. The van der Waals surface area contributed by atoms with Crippen LogP contribution in [0.2, 0.25) is 0 Å².